The summed E-state index contributed by atoms with van der Waals surface area (Å²) in [4.78, 5) is 19.2. The van der Waals surface area contributed by atoms with Crippen molar-refractivity contribution in [3.8, 4) is 0 Å². The number of piperazine rings is 1. The second-order valence-electron chi connectivity index (χ2n) is 8.32. The normalized spacial score (nSPS) is 19.9. The van der Waals surface area contributed by atoms with E-state index < -0.39 is 5.60 Å². The Bertz CT molecular complexity index is 837. The molecule has 2 aliphatic rings. The topological polar surface area (TPSA) is 47.0 Å². The molecule has 4 rings (SSSR count). The highest BCUT2D eigenvalue weighted by Gasteiger charge is 2.34. The van der Waals surface area contributed by atoms with Crippen LogP contribution in [0.2, 0.25) is 0 Å². The van der Waals surface area contributed by atoms with Gasteiger partial charge in [0, 0.05) is 39.3 Å². The minimum Gasteiger partial charge on any atom is -0.385 e. The van der Waals surface area contributed by atoms with Crippen LogP contribution in [-0.4, -0.2) is 71.5 Å². The molecule has 5 nitrogen and oxygen atoms in total. The highest BCUT2D eigenvalue weighted by Crippen LogP contribution is 2.32. The van der Waals surface area contributed by atoms with Gasteiger partial charge >= 0.3 is 0 Å². The molecule has 0 radical (unpaired) electrons. The lowest BCUT2D eigenvalue weighted by Gasteiger charge is -2.40. The molecule has 158 valence electrons. The molecule has 5 heteroatoms. The van der Waals surface area contributed by atoms with E-state index in [1.807, 2.05) is 53.4 Å². The van der Waals surface area contributed by atoms with Crippen molar-refractivity contribution in [3.63, 3.8) is 0 Å². The van der Waals surface area contributed by atoms with E-state index in [0.717, 1.165) is 44.8 Å². The summed E-state index contributed by atoms with van der Waals surface area (Å²) < 4.78 is 0. The van der Waals surface area contributed by atoms with Gasteiger partial charge in [-0.25, -0.2) is 0 Å². The molecule has 0 spiro atoms. The highest BCUT2D eigenvalue weighted by molar-refractivity contribution is 5.78. The number of rotatable bonds is 5. The van der Waals surface area contributed by atoms with Gasteiger partial charge in [0.25, 0.3) is 0 Å². The molecule has 1 amide bonds. The molecule has 0 unspecified atom stereocenters. The van der Waals surface area contributed by atoms with E-state index in [-0.39, 0.29) is 5.91 Å². The van der Waals surface area contributed by atoms with Gasteiger partial charge in [0.15, 0.2) is 0 Å². The Morgan fingerprint density at radius 3 is 2.10 bits per heavy atom. The van der Waals surface area contributed by atoms with E-state index in [1.165, 1.54) is 5.56 Å². The van der Waals surface area contributed by atoms with E-state index in [9.17, 15) is 9.90 Å². The predicted molar refractivity (Wildman–Crippen MR) is 120 cm³/mol. The Labute approximate surface area is 179 Å². The van der Waals surface area contributed by atoms with Crippen LogP contribution in [0.25, 0.3) is 6.08 Å². The monoisotopic (exact) mass is 405 g/mol. The van der Waals surface area contributed by atoms with Crippen molar-refractivity contribution in [3.05, 3.63) is 78.0 Å². The van der Waals surface area contributed by atoms with Gasteiger partial charge in [0.1, 0.15) is 0 Å². The number of carbonyl (C=O) groups is 1. The first-order valence-electron chi connectivity index (χ1n) is 10.9. The van der Waals surface area contributed by atoms with Crippen LogP contribution < -0.4 is 0 Å². The molecule has 0 bridgehead atoms. The number of likely N-dealkylation sites (tertiary alicyclic amines) is 1. The van der Waals surface area contributed by atoms with E-state index in [0.29, 0.717) is 19.4 Å². The summed E-state index contributed by atoms with van der Waals surface area (Å²) in [5.41, 5.74) is 1.41. The fourth-order valence-electron chi connectivity index (χ4n) is 4.29. The average Bonchev–Trinajstić information content (AvgIpc) is 2.81. The maximum absolute atomic E-state index is 12.8. The Balaban J connectivity index is 1.22. The second-order valence-corrected chi connectivity index (χ2v) is 8.32. The summed E-state index contributed by atoms with van der Waals surface area (Å²) in [5, 5.41) is 11.0. The molecule has 0 atom stereocenters. The van der Waals surface area contributed by atoms with Crippen LogP contribution in [-0.2, 0) is 10.4 Å². The number of aliphatic hydroxyl groups is 1. The fourth-order valence-corrected chi connectivity index (χ4v) is 4.29. The van der Waals surface area contributed by atoms with Gasteiger partial charge in [0.2, 0.25) is 5.91 Å². The summed E-state index contributed by atoms with van der Waals surface area (Å²) >= 11 is 0. The number of benzene rings is 2. The van der Waals surface area contributed by atoms with Gasteiger partial charge in [-0.1, -0.05) is 60.7 Å². The van der Waals surface area contributed by atoms with Crippen molar-refractivity contribution in [2.24, 2.45) is 0 Å². The first-order valence-corrected chi connectivity index (χ1v) is 10.9. The lowest BCUT2D eigenvalue weighted by molar-refractivity contribution is -0.135. The number of piperidine rings is 1. The molecule has 2 aliphatic heterocycles. The molecule has 2 saturated heterocycles. The third kappa shape index (κ3) is 5.10. The van der Waals surface area contributed by atoms with Crippen LogP contribution in [0.4, 0.5) is 0 Å². The maximum atomic E-state index is 12.8. The largest absolute Gasteiger partial charge is 0.385 e. The summed E-state index contributed by atoms with van der Waals surface area (Å²) in [5.74, 6) is 0.201. The van der Waals surface area contributed by atoms with Gasteiger partial charge in [-0.3, -0.25) is 9.69 Å². The first kappa shape index (κ1) is 20.6. The van der Waals surface area contributed by atoms with E-state index in [2.05, 4.69) is 34.2 Å². The lowest BCUT2D eigenvalue weighted by Crippen LogP contribution is -2.51. The van der Waals surface area contributed by atoms with Gasteiger partial charge in [-0.2, -0.15) is 0 Å². The summed E-state index contributed by atoms with van der Waals surface area (Å²) in [7, 11) is 0. The quantitative estimate of drug-likeness (QED) is 0.831. The molecular weight excluding hydrogens is 374 g/mol. The van der Waals surface area contributed by atoms with Crippen molar-refractivity contribution < 1.29 is 9.90 Å². The molecule has 2 aromatic rings. The van der Waals surface area contributed by atoms with Gasteiger partial charge in [-0.05, 0) is 36.2 Å². The minimum absolute atomic E-state index is 0.201. The standard InChI is InChI=1S/C25H31N3O2/c29-24(21-27-15-12-25(30,13-16-27)23-9-5-2-6-10-23)28-19-17-26(18-20-28)14-11-22-7-3-1-4-8-22/h1-11,14,30H,12-13,15-21H2/b14-11+. The molecular formula is C25H31N3O2. The molecule has 1 N–H and O–H groups in total. The zero-order valence-corrected chi connectivity index (χ0v) is 17.5. The van der Waals surface area contributed by atoms with Crippen LogP contribution in [0.15, 0.2) is 66.9 Å². The van der Waals surface area contributed by atoms with Gasteiger partial charge in [-0.15, -0.1) is 0 Å². The molecule has 0 saturated carbocycles. The first-order chi connectivity index (χ1) is 14.6. The Hall–Kier alpha value is -2.63. The fraction of sp³-hybridized carbons (Fsp3) is 0.400. The molecule has 30 heavy (non-hydrogen) atoms. The van der Waals surface area contributed by atoms with Gasteiger partial charge in [0.05, 0.1) is 12.1 Å². The Morgan fingerprint density at radius 2 is 1.47 bits per heavy atom. The van der Waals surface area contributed by atoms with Crippen molar-refractivity contribution in [1.29, 1.82) is 0 Å². The lowest BCUT2D eigenvalue weighted by atomic mass is 9.84. The van der Waals surface area contributed by atoms with Crippen LogP contribution in [0.3, 0.4) is 0 Å². The van der Waals surface area contributed by atoms with E-state index >= 15 is 0 Å². The van der Waals surface area contributed by atoms with E-state index in [4.69, 9.17) is 0 Å². The zero-order valence-electron chi connectivity index (χ0n) is 17.5. The molecule has 2 fully saturated rings. The van der Waals surface area contributed by atoms with Crippen molar-refractivity contribution >= 4 is 12.0 Å². The van der Waals surface area contributed by atoms with Crippen LogP contribution in [0.1, 0.15) is 24.0 Å². The molecule has 2 aromatic carbocycles. The summed E-state index contributed by atoms with van der Waals surface area (Å²) in [6, 6.07) is 20.2. The number of hydrogen-bond acceptors (Lipinski definition) is 4. The number of carbonyl (C=O) groups excluding carboxylic acids is 1. The third-order valence-electron chi connectivity index (χ3n) is 6.30. The maximum Gasteiger partial charge on any atom is 0.236 e. The number of amides is 1. The van der Waals surface area contributed by atoms with Crippen molar-refractivity contribution in [2.45, 2.75) is 18.4 Å². The smallest absolute Gasteiger partial charge is 0.236 e. The number of hydrogen-bond donors (Lipinski definition) is 1. The second kappa shape index (κ2) is 9.45. The highest BCUT2D eigenvalue weighted by atomic mass is 16.3. The molecule has 0 aromatic heterocycles. The van der Waals surface area contributed by atoms with Crippen LogP contribution in [0, 0.1) is 0 Å². The zero-order chi connectivity index (χ0) is 20.8. The molecule has 0 aliphatic carbocycles. The van der Waals surface area contributed by atoms with E-state index in [1.54, 1.807) is 0 Å². The van der Waals surface area contributed by atoms with Crippen LogP contribution >= 0.6 is 0 Å². The van der Waals surface area contributed by atoms with Crippen molar-refractivity contribution in [2.75, 3.05) is 45.8 Å². The Kier molecular flexibility index (Phi) is 6.50. The number of nitrogens with zero attached hydrogens (tertiary/aromatic N) is 3. The third-order valence-corrected chi connectivity index (χ3v) is 6.30. The average molecular weight is 406 g/mol. The Morgan fingerprint density at radius 1 is 0.867 bits per heavy atom. The SMILES string of the molecule is O=C(CN1CCC(O)(c2ccccc2)CC1)N1CCN(/C=C/c2ccccc2)CC1. The predicted octanol–water partition coefficient (Wildman–Crippen LogP) is 2.79. The van der Waals surface area contributed by atoms with Crippen LogP contribution in [0.5, 0.6) is 0 Å². The molecule has 2 heterocycles. The van der Waals surface area contributed by atoms with Gasteiger partial charge < -0.3 is 14.9 Å². The minimum atomic E-state index is -0.766. The summed E-state index contributed by atoms with van der Waals surface area (Å²) in [6.45, 7) is 5.20. The van der Waals surface area contributed by atoms with Crippen molar-refractivity contribution in [1.82, 2.24) is 14.7 Å². The summed E-state index contributed by atoms with van der Waals surface area (Å²) in [6.07, 6.45) is 5.59.